The molecule has 1 N–H and O–H groups in total. The van der Waals surface area contributed by atoms with Gasteiger partial charge in [-0.2, -0.15) is 0 Å². The van der Waals surface area contributed by atoms with Crippen molar-refractivity contribution in [3.8, 4) is 11.4 Å². The average Bonchev–Trinajstić information content (AvgIpc) is 3.32. The molecule has 0 spiro atoms. The van der Waals surface area contributed by atoms with Crippen molar-refractivity contribution in [1.82, 2.24) is 14.8 Å². The van der Waals surface area contributed by atoms with Crippen LogP contribution in [0.25, 0.3) is 11.4 Å². The van der Waals surface area contributed by atoms with Crippen LogP contribution in [0.2, 0.25) is 5.02 Å². The zero-order valence-electron chi connectivity index (χ0n) is 16.4. The predicted molar refractivity (Wildman–Crippen MR) is 121 cm³/mol. The first-order valence-electron chi connectivity index (χ1n) is 9.76. The molecular formula is C21H23ClN4OS2. The van der Waals surface area contributed by atoms with Gasteiger partial charge in [-0.3, -0.25) is 9.36 Å². The predicted octanol–water partition coefficient (Wildman–Crippen LogP) is 5.85. The van der Waals surface area contributed by atoms with E-state index in [9.17, 15) is 4.79 Å². The second-order valence-corrected chi connectivity index (χ2v) is 9.66. The Balaban J connectivity index is 1.52. The number of rotatable bonds is 6. The number of amides is 1. The fourth-order valence-electron chi connectivity index (χ4n) is 3.58. The molecule has 1 amide bonds. The Labute approximate surface area is 183 Å². The smallest absolute Gasteiger partial charge is 0.234 e. The second-order valence-electron chi connectivity index (χ2n) is 7.34. The van der Waals surface area contributed by atoms with Crippen molar-refractivity contribution in [3.63, 3.8) is 0 Å². The lowest BCUT2D eigenvalue weighted by Gasteiger charge is -2.16. The minimum atomic E-state index is -0.115. The minimum Gasteiger partial charge on any atom is -0.324 e. The number of aryl methyl sites for hydroxylation is 1. The molecule has 0 saturated carbocycles. The summed E-state index contributed by atoms with van der Waals surface area (Å²) in [5, 5.41) is 15.3. The van der Waals surface area contributed by atoms with Crippen LogP contribution in [-0.2, 0) is 17.6 Å². The first kappa shape index (κ1) is 20.4. The molecule has 0 aliphatic heterocycles. The molecule has 1 aliphatic carbocycles. The van der Waals surface area contributed by atoms with E-state index < -0.39 is 0 Å². The topological polar surface area (TPSA) is 59.8 Å². The monoisotopic (exact) mass is 446 g/mol. The maximum Gasteiger partial charge on any atom is 0.234 e. The van der Waals surface area contributed by atoms with Crippen molar-refractivity contribution in [3.05, 3.63) is 45.1 Å². The number of anilines is 1. The summed E-state index contributed by atoms with van der Waals surface area (Å²) in [5.41, 5.74) is 3.26. The van der Waals surface area contributed by atoms with Crippen LogP contribution in [-0.4, -0.2) is 26.4 Å². The van der Waals surface area contributed by atoms with Crippen LogP contribution in [0.5, 0.6) is 0 Å². The summed E-state index contributed by atoms with van der Waals surface area (Å²) in [5.74, 6) is 1.04. The largest absolute Gasteiger partial charge is 0.324 e. The number of nitrogens with one attached hydrogen (secondary N) is 1. The number of para-hydroxylation sites is 1. The molecule has 0 bridgehead atoms. The summed E-state index contributed by atoms with van der Waals surface area (Å²) >= 11 is 9.36. The number of thiophene rings is 1. The zero-order valence-corrected chi connectivity index (χ0v) is 18.8. The first-order chi connectivity index (χ1) is 14.0. The summed E-state index contributed by atoms with van der Waals surface area (Å²) in [6.07, 6.45) is 4.78. The van der Waals surface area contributed by atoms with Crippen LogP contribution in [0.3, 0.4) is 0 Å². The molecule has 4 rings (SSSR count). The second kappa shape index (κ2) is 8.90. The van der Waals surface area contributed by atoms with Gasteiger partial charge in [0.2, 0.25) is 5.91 Å². The number of benzene rings is 1. The van der Waals surface area contributed by atoms with Crippen molar-refractivity contribution in [1.29, 1.82) is 0 Å². The molecule has 0 saturated heterocycles. The van der Waals surface area contributed by atoms with E-state index in [0.717, 1.165) is 17.4 Å². The number of thioether (sulfide) groups is 1. The van der Waals surface area contributed by atoms with Crippen LogP contribution in [0.1, 0.15) is 43.2 Å². The highest BCUT2D eigenvalue weighted by Crippen LogP contribution is 2.37. The molecule has 1 aliphatic rings. The lowest BCUT2D eigenvalue weighted by molar-refractivity contribution is -0.113. The van der Waals surface area contributed by atoms with Gasteiger partial charge in [-0.15, -0.1) is 21.5 Å². The maximum atomic E-state index is 12.4. The normalized spacial score (nSPS) is 13.5. The van der Waals surface area contributed by atoms with Crippen molar-refractivity contribution >= 4 is 46.3 Å². The van der Waals surface area contributed by atoms with Crippen molar-refractivity contribution in [2.45, 2.75) is 50.7 Å². The van der Waals surface area contributed by atoms with E-state index in [1.807, 2.05) is 23.5 Å². The number of hydrogen-bond acceptors (Lipinski definition) is 5. The van der Waals surface area contributed by atoms with Gasteiger partial charge in [0.15, 0.2) is 11.0 Å². The molecule has 2 aromatic heterocycles. The summed E-state index contributed by atoms with van der Waals surface area (Å²) in [7, 11) is 0. The molecular weight excluding hydrogens is 424 g/mol. The van der Waals surface area contributed by atoms with Crippen LogP contribution in [0.4, 0.5) is 5.69 Å². The van der Waals surface area contributed by atoms with Crippen LogP contribution < -0.4 is 5.32 Å². The third kappa shape index (κ3) is 4.37. The molecule has 5 nitrogen and oxygen atoms in total. The Bertz CT molecular complexity index is 1030. The summed E-state index contributed by atoms with van der Waals surface area (Å²) in [6, 6.07) is 7.43. The lowest BCUT2D eigenvalue weighted by Crippen LogP contribution is -2.15. The lowest BCUT2D eigenvalue weighted by atomic mass is 9.95. The number of carbonyl (C=O) groups excluding carboxylic acids is 1. The third-order valence-electron chi connectivity index (χ3n) is 4.96. The zero-order chi connectivity index (χ0) is 20.4. The van der Waals surface area contributed by atoms with Crippen LogP contribution in [0, 0.1) is 0 Å². The highest BCUT2D eigenvalue weighted by molar-refractivity contribution is 7.99. The SMILES string of the molecule is CC(C)n1c(SCC(=O)Nc2ccccc2Cl)nnc1-c1csc2c1CCCC2. The van der Waals surface area contributed by atoms with Gasteiger partial charge in [0.1, 0.15) is 0 Å². The van der Waals surface area contributed by atoms with Gasteiger partial charge in [0.25, 0.3) is 0 Å². The van der Waals surface area contributed by atoms with E-state index in [1.165, 1.54) is 47.0 Å². The standard InChI is InChI=1S/C21H23ClN4OS2/c1-13(2)26-20(15-11-28-18-10-6-3-7-14(15)18)24-25-21(26)29-12-19(27)23-17-9-5-4-8-16(17)22/h4-5,8-9,11,13H,3,6-7,10,12H2,1-2H3,(H,23,27). The molecule has 152 valence electrons. The van der Waals surface area contributed by atoms with Crippen molar-refractivity contribution in [2.24, 2.45) is 0 Å². The van der Waals surface area contributed by atoms with E-state index >= 15 is 0 Å². The number of fused-ring (bicyclic) bond motifs is 1. The first-order valence-corrected chi connectivity index (χ1v) is 12.0. The molecule has 0 unspecified atom stereocenters. The van der Waals surface area contributed by atoms with Gasteiger partial charge >= 0.3 is 0 Å². The fourth-order valence-corrected chi connectivity index (χ4v) is 5.76. The molecule has 1 aromatic carbocycles. The summed E-state index contributed by atoms with van der Waals surface area (Å²) in [6.45, 7) is 4.25. The van der Waals surface area contributed by atoms with Gasteiger partial charge in [0.05, 0.1) is 16.5 Å². The molecule has 0 radical (unpaired) electrons. The van der Waals surface area contributed by atoms with Gasteiger partial charge in [-0.1, -0.05) is 35.5 Å². The van der Waals surface area contributed by atoms with Gasteiger partial charge in [-0.05, 0) is 57.2 Å². The highest BCUT2D eigenvalue weighted by atomic mass is 35.5. The Hall–Kier alpha value is -1.83. The molecule has 2 heterocycles. The average molecular weight is 447 g/mol. The summed E-state index contributed by atoms with van der Waals surface area (Å²) in [4.78, 5) is 13.9. The van der Waals surface area contributed by atoms with Gasteiger partial charge in [0, 0.05) is 21.9 Å². The Morgan fingerprint density at radius 2 is 2.07 bits per heavy atom. The number of carbonyl (C=O) groups is 1. The molecule has 29 heavy (non-hydrogen) atoms. The van der Waals surface area contributed by atoms with E-state index in [2.05, 4.69) is 39.3 Å². The molecule has 8 heteroatoms. The Morgan fingerprint density at radius 1 is 1.28 bits per heavy atom. The van der Waals surface area contributed by atoms with Gasteiger partial charge in [-0.25, -0.2) is 0 Å². The quantitative estimate of drug-likeness (QED) is 0.482. The minimum absolute atomic E-state index is 0.115. The van der Waals surface area contributed by atoms with Crippen LogP contribution in [0.15, 0.2) is 34.8 Å². The van der Waals surface area contributed by atoms with E-state index in [1.54, 1.807) is 12.1 Å². The molecule has 0 atom stereocenters. The number of hydrogen-bond donors (Lipinski definition) is 1. The van der Waals surface area contributed by atoms with E-state index in [0.29, 0.717) is 10.7 Å². The van der Waals surface area contributed by atoms with E-state index in [-0.39, 0.29) is 17.7 Å². The molecule has 3 aromatic rings. The number of aromatic nitrogens is 3. The van der Waals surface area contributed by atoms with Crippen molar-refractivity contribution < 1.29 is 4.79 Å². The fraction of sp³-hybridized carbons (Fsp3) is 0.381. The highest BCUT2D eigenvalue weighted by Gasteiger charge is 2.23. The molecule has 0 fully saturated rings. The summed E-state index contributed by atoms with van der Waals surface area (Å²) < 4.78 is 2.14. The van der Waals surface area contributed by atoms with Gasteiger partial charge < -0.3 is 5.32 Å². The number of nitrogens with zero attached hydrogens (tertiary/aromatic N) is 3. The van der Waals surface area contributed by atoms with Crippen molar-refractivity contribution in [2.75, 3.05) is 11.1 Å². The Kier molecular flexibility index (Phi) is 6.27. The van der Waals surface area contributed by atoms with E-state index in [4.69, 9.17) is 11.6 Å². The third-order valence-corrected chi connectivity index (χ3v) is 7.32. The number of halogens is 1. The Morgan fingerprint density at radius 3 is 2.86 bits per heavy atom. The van der Waals surface area contributed by atoms with Crippen LogP contribution >= 0.6 is 34.7 Å². The maximum absolute atomic E-state index is 12.4.